The third-order valence-electron chi connectivity index (χ3n) is 2.94. The second-order valence-corrected chi connectivity index (χ2v) is 5.43. The van der Waals surface area contributed by atoms with Gasteiger partial charge in [-0.2, -0.15) is 0 Å². The molecule has 5 nitrogen and oxygen atoms in total. The quantitative estimate of drug-likeness (QED) is 0.575. The van der Waals surface area contributed by atoms with Gasteiger partial charge in [-0.05, 0) is 19.4 Å². The van der Waals surface area contributed by atoms with E-state index in [-0.39, 0.29) is 0 Å². The van der Waals surface area contributed by atoms with Crippen LogP contribution < -0.4 is 0 Å². The van der Waals surface area contributed by atoms with Gasteiger partial charge in [-0.1, -0.05) is 11.3 Å². The molecule has 0 spiro atoms. The predicted octanol–water partition coefficient (Wildman–Crippen LogP) is 1.24. The Morgan fingerprint density at radius 2 is 2.17 bits per heavy atom. The minimum absolute atomic E-state index is 0.885. The largest absolute Gasteiger partial charge is 0.379 e. The molecule has 1 fully saturated rings. The molecular weight excluding hydrogens is 248 g/mol. The maximum Gasteiger partial charge on any atom is 0.158 e. The summed E-state index contributed by atoms with van der Waals surface area (Å²) in [5, 5.41) is 10.3. The molecule has 1 aromatic rings. The topological polar surface area (TPSA) is 50.6 Å². The SMILES string of the molecule is CN=Cc1nnc(CCCCN2CCOCC2)s1. The van der Waals surface area contributed by atoms with Gasteiger partial charge in [0.2, 0.25) is 0 Å². The van der Waals surface area contributed by atoms with E-state index in [9.17, 15) is 0 Å². The lowest BCUT2D eigenvalue weighted by Gasteiger charge is -2.26. The molecule has 6 heteroatoms. The number of hydrogen-bond acceptors (Lipinski definition) is 6. The van der Waals surface area contributed by atoms with Crippen molar-refractivity contribution in [1.29, 1.82) is 0 Å². The van der Waals surface area contributed by atoms with Gasteiger partial charge < -0.3 is 4.74 Å². The number of rotatable bonds is 6. The first-order valence-corrected chi connectivity index (χ1v) is 7.25. The molecule has 1 aliphatic heterocycles. The Morgan fingerprint density at radius 3 is 2.94 bits per heavy atom. The van der Waals surface area contributed by atoms with Gasteiger partial charge in [0.05, 0.1) is 19.4 Å². The van der Waals surface area contributed by atoms with Gasteiger partial charge in [0.15, 0.2) is 5.01 Å². The number of hydrogen-bond donors (Lipinski definition) is 0. The van der Waals surface area contributed by atoms with Gasteiger partial charge in [0, 0.05) is 26.6 Å². The zero-order valence-electron chi connectivity index (χ0n) is 10.8. The molecule has 1 aromatic heterocycles. The van der Waals surface area contributed by atoms with Crippen LogP contribution in [0.3, 0.4) is 0 Å². The summed E-state index contributed by atoms with van der Waals surface area (Å²) in [5.74, 6) is 0. The number of aryl methyl sites for hydroxylation is 1. The van der Waals surface area contributed by atoms with Crippen molar-refractivity contribution in [1.82, 2.24) is 15.1 Å². The first-order valence-electron chi connectivity index (χ1n) is 6.43. The van der Waals surface area contributed by atoms with Crippen LogP contribution in [0.5, 0.6) is 0 Å². The van der Waals surface area contributed by atoms with Gasteiger partial charge >= 0.3 is 0 Å². The highest BCUT2D eigenvalue weighted by Crippen LogP contribution is 2.11. The minimum Gasteiger partial charge on any atom is -0.379 e. The van der Waals surface area contributed by atoms with Crippen LogP contribution in [-0.2, 0) is 11.2 Å². The monoisotopic (exact) mass is 268 g/mol. The van der Waals surface area contributed by atoms with Gasteiger partial charge in [-0.15, -0.1) is 10.2 Å². The fraction of sp³-hybridized carbons (Fsp3) is 0.750. The number of morpholine rings is 1. The number of nitrogens with zero attached hydrogens (tertiary/aromatic N) is 4. The summed E-state index contributed by atoms with van der Waals surface area (Å²) in [6.07, 6.45) is 5.18. The molecule has 0 atom stereocenters. The Morgan fingerprint density at radius 1 is 1.33 bits per heavy atom. The summed E-state index contributed by atoms with van der Waals surface area (Å²) in [6.45, 7) is 5.10. The molecule has 2 rings (SSSR count). The van der Waals surface area contributed by atoms with Crippen molar-refractivity contribution in [2.75, 3.05) is 39.9 Å². The van der Waals surface area contributed by atoms with Gasteiger partial charge in [0.1, 0.15) is 5.01 Å². The van der Waals surface area contributed by atoms with E-state index in [1.54, 1.807) is 24.6 Å². The van der Waals surface area contributed by atoms with Crippen molar-refractivity contribution in [3.05, 3.63) is 10.0 Å². The van der Waals surface area contributed by atoms with Crippen molar-refractivity contribution in [3.8, 4) is 0 Å². The highest BCUT2D eigenvalue weighted by atomic mass is 32.1. The molecule has 0 bridgehead atoms. The second-order valence-electron chi connectivity index (χ2n) is 4.33. The maximum atomic E-state index is 5.33. The van der Waals surface area contributed by atoms with Crippen LogP contribution in [0.4, 0.5) is 0 Å². The van der Waals surface area contributed by atoms with Crippen LogP contribution in [0.2, 0.25) is 0 Å². The Bertz CT molecular complexity index is 374. The van der Waals surface area contributed by atoms with E-state index in [0.717, 1.165) is 42.7 Å². The second kappa shape index (κ2) is 7.56. The summed E-state index contributed by atoms with van der Waals surface area (Å²) in [5.41, 5.74) is 0. The number of ether oxygens (including phenoxy) is 1. The third kappa shape index (κ3) is 4.44. The molecule has 0 amide bonds. The van der Waals surface area contributed by atoms with Crippen LogP contribution in [-0.4, -0.2) is 61.2 Å². The maximum absolute atomic E-state index is 5.33. The molecule has 1 saturated heterocycles. The summed E-state index contributed by atoms with van der Waals surface area (Å²) in [7, 11) is 1.75. The highest BCUT2D eigenvalue weighted by Gasteiger charge is 2.09. The van der Waals surface area contributed by atoms with E-state index in [0.29, 0.717) is 0 Å². The van der Waals surface area contributed by atoms with Crippen LogP contribution in [0.1, 0.15) is 22.9 Å². The van der Waals surface area contributed by atoms with Crippen LogP contribution >= 0.6 is 11.3 Å². The van der Waals surface area contributed by atoms with E-state index in [2.05, 4.69) is 20.1 Å². The lowest BCUT2D eigenvalue weighted by Crippen LogP contribution is -2.36. The van der Waals surface area contributed by atoms with Crippen molar-refractivity contribution >= 4 is 17.6 Å². The molecule has 0 saturated carbocycles. The summed E-state index contributed by atoms with van der Waals surface area (Å²) >= 11 is 1.64. The smallest absolute Gasteiger partial charge is 0.158 e. The molecule has 1 aliphatic rings. The predicted molar refractivity (Wildman–Crippen MR) is 73.6 cm³/mol. The fourth-order valence-electron chi connectivity index (χ4n) is 1.97. The zero-order valence-corrected chi connectivity index (χ0v) is 11.7. The number of aromatic nitrogens is 2. The minimum atomic E-state index is 0.885. The van der Waals surface area contributed by atoms with E-state index >= 15 is 0 Å². The van der Waals surface area contributed by atoms with Crippen molar-refractivity contribution in [2.45, 2.75) is 19.3 Å². The average Bonchev–Trinajstić information content (AvgIpc) is 2.84. The number of unbranched alkanes of at least 4 members (excludes halogenated alkanes) is 1. The Hall–Kier alpha value is -0.850. The molecule has 100 valence electrons. The molecule has 0 N–H and O–H groups in total. The highest BCUT2D eigenvalue weighted by molar-refractivity contribution is 7.12. The van der Waals surface area contributed by atoms with Crippen LogP contribution in [0.15, 0.2) is 4.99 Å². The van der Waals surface area contributed by atoms with Gasteiger partial charge in [-0.3, -0.25) is 9.89 Å². The lowest BCUT2D eigenvalue weighted by atomic mass is 10.2. The van der Waals surface area contributed by atoms with Crippen LogP contribution in [0, 0.1) is 0 Å². The Labute approximate surface area is 112 Å². The molecule has 2 heterocycles. The van der Waals surface area contributed by atoms with E-state index < -0.39 is 0 Å². The van der Waals surface area contributed by atoms with Crippen molar-refractivity contribution in [3.63, 3.8) is 0 Å². The average molecular weight is 268 g/mol. The van der Waals surface area contributed by atoms with Crippen molar-refractivity contribution in [2.24, 2.45) is 4.99 Å². The van der Waals surface area contributed by atoms with E-state index in [4.69, 9.17) is 4.74 Å². The molecule has 0 radical (unpaired) electrons. The standard InChI is InChI=1S/C12H20N4OS/c1-13-10-12-15-14-11(18-12)4-2-3-5-16-6-8-17-9-7-16/h10H,2-9H2,1H3. The molecule has 18 heavy (non-hydrogen) atoms. The first-order chi connectivity index (χ1) is 8.88. The Balaban J connectivity index is 1.62. The summed E-state index contributed by atoms with van der Waals surface area (Å²) in [6, 6.07) is 0. The summed E-state index contributed by atoms with van der Waals surface area (Å²) < 4.78 is 5.33. The van der Waals surface area contributed by atoms with Gasteiger partial charge in [-0.25, -0.2) is 0 Å². The number of aliphatic imine (C=N–C) groups is 1. The summed E-state index contributed by atoms with van der Waals surface area (Å²) in [4.78, 5) is 6.41. The van der Waals surface area contributed by atoms with Crippen molar-refractivity contribution < 1.29 is 4.74 Å². The molecular formula is C12H20N4OS. The zero-order chi connectivity index (χ0) is 12.6. The first kappa shape index (κ1) is 13.6. The Kier molecular flexibility index (Phi) is 5.70. The molecule has 0 aromatic carbocycles. The molecule has 0 unspecified atom stereocenters. The fourth-order valence-corrected chi connectivity index (χ4v) is 2.78. The van der Waals surface area contributed by atoms with E-state index in [1.165, 1.54) is 19.4 Å². The third-order valence-corrected chi connectivity index (χ3v) is 3.86. The van der Waals surface area contributed by atoms with E-state index in [1.807, 2.05) is 0 Å². The normalized spacial score (nSPS) is 17.6. The van der Waals surface area contributed by atoms with Gasteiger partial charge in [0.25, 0.3) is 0 Å². The molecule has 0 aliphatic carbocycles. The van der Waals surface area contributed by atoms with Crippen LogP contribution in [0.25, 0.3) is 0 Å². The lowest BCUT2D eigenvalue weighted by molar-refractivity contribution is 0.0372.